The van der Waals surface area contributed by atoms with E-state index in [4.69, 9.17) is 0 Å². The molecule has 0 atom stereocenters. The Kier molecular flexibility index (Phi) is 5.11. The molecule has 19 heavy (non-hydrogen) atoms. The Hall–Kier alpha value is -1.37. The average Bonchev–Trinajstić information content (AvgIpc) is 2.33. The Morgan fingerprint density at radius 1 is 1.32 bits per heavy atom. The van der Waals surface area contributed by atoms with Crippen LogP contribution < -0.4 is 10.6 Å². The molecule has 0 saturated heterocycles. The molecule has 6 nitrogen and oxygen atoms in total. The Morgan fingerprint density at radius 2 is 2.00 bits per heavy atom. The number of nitrogens with one attached hydrogen (secondary N) is 2. The van der Waals surface area contributed by atoms with Crippen molar-refractivity contribution in [3.63, 3.8) is 0 Å². The van der Waals surface area contributed by atoms with Gasteiger partial charge >= 0.3 is 0 Å². The van der Waals surface area contributed by atoms with Gasteiger partial charge in [-0.1, -0.05) is 6.92 Å². The second-order valence-corrected chi connectivity index (χ2v) is 7.73. The standard InChI is InChI=1S/C12H22N4O2S/c1-5-7-13-11-14-8-6-10(16-11)15-9-12(2,3)19(4,17)18/h6,8H,5,7,9H2,1-4H3,(H2,13,14,15,16). The van der Waals surface area contributed by atoms with Crippen LogP contribution in [0.25, 0.3) is 0 Å². The number of rotatable bonds is 7. The minimum absolute atomic E-state index is 0.302. The summed E-state index contributed by atoms with van der Waals surface area (Å²) in [6, 6.07) is 1.72. The zero-order valence-electron chi connectivity index (χ0n) is 11.9. The Labute approximate surface area is 115 Å². The van der Waals surface area contributed by atoms with Gasteiger partial charge in [-0.25, -0.2) is 13.4 Å². The fraction of sp³-hybridized carbons (Fsp3) is 0.667. The van der Waals surface area contributed by atoms with Crippen molar-refractivity contribution in [2.75, 3.05) is 30.0 Å². The maximum absolute atomic E-state index is 11.6. The predicted octanol–water partition coefficient (Wildman–Crippen LogP) is 1.53. The fourth-order valence-electron chi connectivity index (χ4n) is 1.21. The SMILES string of the molecule is CCCNc1nccc(NCC(C)(C)S(C)(=O)=O)n1. The minimum atomic E-state index is -3.12. The third kappa shape index (κ3) is 4.66. The molecule has 0 bridgehead atoms. The van der Waals surface area contributed by atoms with Gasteiger partial charge in [0, 0.05) is 25.5 Å². The lowest BCUT2D eigenvalue weighted by Gasteiger charge is -2.23. The quantitative estimate of drug-likeness (QED) is 0.791. The number of anilines is 2. The fourth-order valence-corrected chi connectivity index (χ4v) is 1.55. The van der Waals surface area contributed by atoms with Crippen molar-refractivity contribution in [2.24, 2.45) is 0 Å². The topological polar surface area (TPSA) is 84.0 Å². The Morgan fingerprint density at radius 3 is 2.58 bits per heavy atom. The van der Waals surface area contributed by atoms with Gasteiger partial charge in [-0.05, 0) is 26.3 Å². The molecule has 108 valence electrons. The Balaban J connectivity index is 2.68. The van der Waals surface area contributed by atoms with Crippen LogP contribution in [0.3, 0.4) is 0 Å². The maximum atomic E-state index is 11.6. The predicted molar refractivity (Wildman–Crippen MR) is 78.2 cm³/mol. The second kappa shape index (κ2) is 6.18. The van der Waals surface area contributed by atoms with Gasteiger partial charge in [0.25, 0.3) is 0 Å². The molecular formula is C12H22N4O2S. The average molecular weight is 286 g/mol. The summed E-state index contributed by atoms with van der Waals surface area (Å²) in [5, 5.41) is 6.12. The normalized spacial score (nSPS) is 12.2. The van der Waals surface area contributed by atoms with Gasteiger partial charge in [-0.2, -0.15) is 4.98 Å². The van der Waals surface area contributed by atoms with E-state index in [1.54, 1.807) is 26.1 Å². The van der Waals surface area contributed by atoms with Crippen LogP contribution in [0.1, 0.15) is 27.2 Å². The highest BCUT2D eigenvalue weighted by Gasteiger charge is 2.29. The molecule has 0 aliphatic carbocycles. The molecule has 1 aromatic heterocycles. The highest BCUT2D eigenvalue weighted by molar-refractivity contribution is 7.92. The number of hydrogen-bond donors (Lipinski definition) is 2. The van der Waals surface area contributed by atoms with E-state index in [9.17, 15) is 8.42 Å². The van der Waals surface area contributed by atoms with Crippen molar-refractivity contribution in [1.29, 1.82) is 0 Å². The molecule has 0 aliphatic rings. The van der Waals surface area contributed by atoms with E-state index in [1.165, 1.54) is 6.26 Å². The van der Waals surface area contributed by atoms with Gasteiger partial charge in [0.05, 0.1) is 4.75 Å². The lowest BCUT2D eigenvalue weighted by Crippen LogP contribution is -2.38. The van der Waals surface area contributed by atoms with E-state index in [1.807, 2.05) is 0 Å². The first-order chi connectivity index (χ1) is 8.76. The lowest BCUT2D eigenvalue weighted by molar-refractivity contribution is 0.559. The van der Waals surface area contributed by atoms with Crippen LogP contribution in [0, 0.1) is 0 Å². The molecule has 1 rings (SSSR count). The number of sulfone groups is 1. The van der Waals surface area contributed by atoms with E-state index in [-0.39, 0.29) is 0 Å². The lowest BCUT2D eigenvalue weighted by atomic mass is 10.2. The molecule has 0 fully saturated rings. The molecular weight excluding hydrogens is 264 g/mol. The summed E-state index contributed by atoms with van der Waals surface area (Å²) in [4.78, 5) is 8.36. The summed E-state index contributed by atoms with van der Waals surface area (Å²) in [5.74, 6) is 1.16. The van der Waals surface area contributed by atoms with Gasteiger partial charge < -0.3 is 10.6 Å². The first kappa shape index (κ1) is 15.7. The second-order valence-electron chi connectivity index (χ2n) is 5.08. The van der Waals surface area contributed by atoms with Crippen LogP contribution >= 0.6 is 0 Å². The van der Waals surface area contributed by atoms with Crippen molar-refractivity contribution < 1.29 is 8.42 Å². The third-order valence-electron chi connectivity index (χ3n) is 2.89. The highest BCUT2D eigenvalue weighted by atomic mass is 32.2. The molecule has 0 aliphatic heterocycles. The summed E-state index contributed by atoms with van der Waals surface area (Å²) in [6.45, 7) is 6.54. The van der Waals surface area contributed by atoms with E-state index in [0.29, 0.717) is 18.3 Å². The molecule has 7 heteroatoms. The molecule has 1 heterocycles. The van der Waals surface area contributed by atoms with Crippen LogP contribution in [0.4, 0.5) is 11.8 Å². The van der Waals surface area contributed by atoms with E-state index in [2.05, 4.69) is 27.5 Å². The number of nitrogens with zero attached hydrogens (tertiary/aromatic N) is 2. The van der Waals surface area contributed by atoms with E-state index < -0.39 is 14.6 Å². The maximum Gasteiger partial charge on any atom is 0.224 e. The summed E-state index contributed by atoms with van der Waals surface area (Å²) in [7, 11) is -3.12. The smallest absolute Gasteiger partial charge is 0.224 e. The first-order valence-electron chi connectivity index (χ1n) is 6.26. The van der Waals surface area contributed by atoms with Gasteiger partial charge in [0.2, 0.25) is 5.95 Å². The summed E-state index contributed by atoms with van der Waals surface area (Å²) >= 11 is 0. The number of hydrogen-bond acceptors (Lipinski definition) is 6. The molecule has 2 N–H and O–H groups in total. The van der Waals surface area contributed by atoms with Crippen molar-refractivity contribution in [3.8, 4) is 0 Å². The molecule has 0 radical (unpaired) electrons. The third-order valence-corrected chi connectivity index (χ3v) is 5.04. The highest BCUT2D eigenvalue weighted by Crippen LogP contribution is 2.16. The van der Waals surface area contributed by atoms with Gasteiger partial charge in [-0.3, -0.25) is 0 Å². The van der Waals surface area contributed by atoms with Crippen LogP contribution in [-0.2, 0) is 9.84 Å². The molecule has 0 aromatic carbocycles. The van der Waals surface area contributed by atoms with Crippen LogP contribution in [0.2, 0.25) is 0 Å². The minimum Gasteiger partial charge on any atom is -0.368 e. The van der Waals surface area contributed by atoms with Crippen molar-refractivity contribution in [2.45, 2.75) is 31.9 Å². The molecule has 0 spiro atoms. The molecule has 0 saturated carbocycles. The summed E-state index contributed by atoms with van der Waals surface area (Å²) in [6.07, 6.45) is 3.87. The van der Waals surface area contributed by atoms with E-state index >= 15 is 0 Å². The zero-order valence-corrected chi connectivity index (χ0v) is 12.7. The van der Waals surface area contributed by atoms with Gasteiger partial charge in [0.1, 0.15) is 5.82 Å². The van der Waals surface area contributed by atoms with Crippen LogP contribution in [0.15, 0.2) is 12.3 Å². The van der Waals surface area contributed by atoms with Crippen LogP contribution in [-0.4, -0.2) is 42.5 Å². The monoisotopic (exact) mass is 286 g/mol. The molecule has 0 amide bonds. The van der Waals surface area contributed by atoms with Gasteiger partial charge in [0.15, 0.2) is 9.84 Å². The largest absolute Gasteiger partial charge is 0.368 e. The zero-order chi connectivity index (χ0) is 14.5. The van der Waals surface area contributed by atoms with Crippen molar-refractivity contribution in [1.82, 2.24) is 9.97 Å². The van der Waals surface area contributed by atoms with Crippen molar-refractivity contribution >= 4 is 21.6 Å². The van der Waals surface area contributed by atoms with Crippen molar-refractivity contribution in [3.05, 3.63) is 12.3 Å². The van der Waals surface area contributed by atoms with Gasteiger partial charge in [-0.15, -0.1) is 0 Å². The first-order valence-corrected chi connectivity index (χ1v) is 8.16. The van der Waals surface area contributed by atoms with Crippen LogP contribution in [0.5, 0.6) is 0 Å². The summed E-state index contributed by atoms with van der Waals surface area (Å²) < 4.78 is 22.4. The number of aromatic nitrogens is 2. The Bertz CT molecular complexity index is 514. The molecule has 0 unspecified atom stereocenters. The molecule has 1 aromatic rings. The summed E-state index contributed by atoms with van der Waals surface area (Å²) in [5.41, 5.74) is 0. The van der Waals surface area contributed by atoms with E-state index in [0.717, 1.165) is 13.0 Å².